The normalized spacial score (nSPS) is 29.1. The van der Waals surface area contributed by atoms with Gasteiger partial charge in [-0.15, -0.1) is 0 Å². The van der Waals surface area contributed by atoms with E-state index in [0.717, 1.165) is 31.5 Å². The number of carbonyl (C=O) groups excluding carboxylic acids is 1. The van der Waals surface area contributed by atoms with Crippen LogP contribution in [0.2, 0.25) is 0 Å². The molecule has 0 aromatic rings. The number of nitrogens with zero attached hydrogens (tertiary/aromatic N) is 1. The molecule has 1 aliphatic heterocycles. The molecular weight excluding hydrogens is 224 g/mol. The number of nitrogens with one attached hydrogen (secondary N) is 1. The average molecular weight is 252 g/mol. The van der Waals surface area contributed by atoms with Crippen molar-refractivity contribution in [3.8, 4) is 0 Å². The van der Waals surface area contributed by atoms with E-state index in [1.165, 1.54) is 51.4 Å². The Hall–Kier alpha value is -0.730. The molecule has 18 heavy (non-hydrogen) atoms. The second-order valence-corrected chi connectivity index (χ2v) is 6.19. The van der Waals surface area contributed by atoms with Gasteiger partial charge in [-0.05, 0) is 37.5 Å². The molecule has 2 rings (SSSR count). The molecule has 1 aliphatic carbocycles. The van der Waals surface area contributed by atoms with Crippen LogP contribution in [0, 0.1) is 11.8 Å². The van der Waals surface area contributed by atoms with Crippen LogP contribution in [0.15, 0.2) is 0 Å². The fourth-order valence-electron chi connectivity index (χ4n) is 3.21. The molecule has 1 N–H and O–H groups in total. The van der Waals surface area contributed by atoms with Crippen LogP contribution in [0.25, 0.3) is 0 Å². The van der Waals surface area contributed by atoms with Crippen molar-refractivity contribution in [2.24, 2.45) is 11.8 Å². The Bertz CT molecular complexity index is 253. The second kappa shape index (κ2) is 7.01. The summed E-state index contributed by atoms with van der Waals surface area (Å²) in [6.45, 7) is 5.13. The molecule has 0 aromatic carbocycles. The van der Waals surface area contributed by atoms with Crippen LogP contribution in [0.5, 0.6) is 0 Å². The quantitative estimate of drug-likeness (QED) is 0.820. The van der Waals surface area contributed by atoms with Crippen LogP contribution in [0.1, 0.15) is 58.3 Å². The first kappa shape index (κ1) is 13.7. The summed E-state index contributed by atoms with van der Waals surface area (Å²) in [5.74, 6) is 1.77. The predicted octanol–water partition coefficient (Wildman–Crippen LogP) is 3.40. The Morgan fingerprint density at radius 3 is 2.44 bits per heavy atom. The van der Waals surface area contributed by atoms with E-state index in [1.54, 1.807) is 0 Å². The molecule has 2 aliphatic rings. The first-order valence-electron chi connectivity index (χ1n) is 7.78. The molecule has 1 saturated heterocycles. The van der Waals surface area contributed by atoms with E-state index < -0.39 is 0 Å². The van der Waals surface area contributed by atoms with E-state index in [4.69, 9.17) is 0 Å². The standard InChI is InChI=1S/C15H28N2O/c1-13-5-7-14(8-6-13)9-10-16-15(18)17-11-3-2-4-12-17/h13-14H,2-12H2,1H3,(H,16,18). The van der Waals surface area contributed by atoms with Crippen molar-refractivity contribution in [2.75, 3.05) is 19.6 Å². The molecule has 0 spiro atoms. The molecule has 1 saturated carbocycles. The number of likely N-dealkylation sites (tertiary alicyclic amines) is 1. The predicted molar refractivity (Wildman–Crippen MR) is 74.6 cm³/mol. The molecule has 3 nitrogen and oxygen atoms in total. The summed E-state index contributed by atoms with van der Waals surface area (Å²) < 4.78 is 0. The number of carbonyl (C=O) groups is 1. The van der Waals surface area contributed by atoms with Crippen LogP contribution in [0.4, 0.5) is 4.79 Å². The van der Waals surface area contributed by atoms with E-state index in [9.17, 15) is 4.79 Å². The topological polar surface area (TPSA) is 32.3 Å². The first-order valence-corrected chi connectivity index (χ1v) is 7.78. The summed E-state index contributed by atoms with van der Waals surface area (Å²) in [4.78, 5) is 13.9. The Morgan fingerprint density at radius 2 is 1.78 bits per heavy atom. The lowest BCUT2D eigenvalue weighted by Crippen LogP contribution is -2.43. The van der Waals surface area contributed by atoms with E-state index in [-0.39, 0.29) is 6.03 Å². The van der Waals surface area contributed by atoms with E-state index in [2.05, 4.69) is 12.2 Å². The summed E-state index contributed by atoms with van der Waals surface area (Å²) in [5.41, 5.74) is 0. The van der Waals surface area contributed by atoms with E-state index >= 15 is 0 Å². The van der Waals surface area contributed by atoms with Crippen molar-refractivity contribution in [3.05, 3.63) is 0 Å². The van der Waals surface area contributed by atoms with Gasteiger partial charge >= 0.3 is 6.03 Å². The fraction of sp³-hybridized carbons (Fsp3) is 0.933. The average Bonchev–Trinajstić information content (AvgIpc) is 2.42. The smallest absolute Gasteiger partial charge is 0.317 e. The minimum absolute atomic E-state index is 0.166. The van der Waals surface area contributed by atoms with Gasteiger partial charge in [-0.3, -0.25) is 0 Å². The van der Waals surface area contributed by atoms with Crippen LogP contribution in [0.3, 0.4) is 0 Å². The highest BCUT2D eigenvalue weighted by atomic mass is 16.2. The molecule has 0 bridgehead atoms. The number of piperidine rings is 1. The number of urea groups is 1. The number of hydrogen-bond acceptors (Lipinski definition) is 1. The van der Waals surface area contributed by atoms with Gasteiger partial charge in [0.05, 0.1) is 0 Å². The molecule has 0 radical (unpaired) electrons. The number of amides is 2. The molecule has 0 atom stereocenters. The summed E-state index contributed by atoms with van der Waals surface area (Å²) in [6, 6.07) is 0.166. The largest absolute Gasteiger partial charge is 0.338 e. The molecule has 3 heteroatoms. The molecule has 0 unspecified atom stereocenters. The number of rotatable bonds is 3. The Balaban J connectivity index is 1.58. The summed E-state index contributed by atoms with van der Waals surface area (Å²) in [7, 11) is 0. The highest BCUT2D eigenvalue weighted by Crippen LogP contribution is 2.29. The van der Waals surface area contributed by atoms with Crippen molar-refractivity contribution < 1.29 is 4.79 Å². The summed E-state index contributed by atoms with van der Waals surface area (Å²) >= 11 is 0. The van der Waals surface area contributed by atoms with E-state index in [1.807, 2.05) is 4.90 Å². The molecule has 2 fully saturated rings. The van der Waals surface area contributed by atoms with Crippen LogP contribution in [-0.4, -0.2) is 30.6 Å². The fourth-order valence-corrected chi connectivity index (χ4v) is 3.21. The highest BCUT2D eigenvalue weighted by molar-refractivity contribution is 5.74. The maximum absolute atomic E-state index is 11.9. The zero-order valence-corrected chi connectivity index (χ0v) is 11.8. The Morgan fingerprint density at radius 1 is 1.11 bits per heavy atom. The van der Waals surface area contributed by atoms with Gasteiger partial charge in [0, 0.05) is 19.6 Å². The van der Waals surface area contributed by atoms with Gasteiger partial charge in [-0.1, -0.05) is 32.6 Å². The minimum atomic E-state index is 0.166. The molecule has 104 valence electrons. The van der Waals surface area contributed by atoms with Gasteiger partial charge in [-0.2, -0.15) is 0 Å². The third-order valence-corrected chi connectivity index (χ3v) is 4.61. The second-order valence-electron chi connectivity index (χ2n) is 6.19. The van der Waals surface area contributed by atoms with Gasteiger partial charge in [0.15, 0.2) is 0 Å². The zero-order valence-electron chi connectivity index (χ0n) is 11.8. The van der Waals surface area contributed by atoms with Crippen LogP contribution >= 0.6 is 0 Å². The third-order valence-electron chi connectivity index (χ3n) is 4.61. The van der Waals surface area contributed by atoms with Gasteiger partial charge in [-0.25, -0.2) is 4.79 Å². The minimum Gasteiger partial charge on any atom is -0.338 e. The van der Waals surface area contributed by atoms with Crippen molar-refractivity contribution in [1.82, 2.24) is 10.2 Å². The SMILES string of the molecule is CC1CCC(CCNC(=O)N2CCCCC2)CC1. The Labute approximate surface area is 111 Å². The highest BCUT2D eigenvalue weighted by Gasteiger charge is 2.19. The van der Waals surface area contributed by atoms with Crippen LogP contribution < -0.4 is 5.32 Å². The van der Waals surface area contributed by atoms with E-state index in [0.29, 0.717) is 0 Å². The molecule has 2 amide bonds. The van der Waals surface area contributed by atoms with Crippen molar-refractivity contribution in [2.45, 2.75) is 58.3 Å². The lowest BCUT2D eigenvalue weighted by molar-refractivity contribution is 0.184. The van der Waals surface area contributed by atoms with Crippen LogP contribution in [-0.2, 0) is 0 Å². The summed E-state index contributed by atoms with van der Waals surface area (Å²) in [6.07, 6.45) is 10.3. The van der Waals surface area contributed by atoms with Gasteiger partial charge in [0.2, 0.25) is 0 Å². The molecule has 1 heterocycles. The maximum Gasteiger partial charge on any atom is 0.317 e. The van der Waals surface area contributed by atoms with Gasteiger partial charge in [0.25, 0.3) is 0 Å². The van der Waals surface area contributed by atoms with Crippen molar-refractivity contribution >= 4 is 6.03 Å². The third kappa shape index (κ3) is 4.18. The number of hydrogen-bond donors (Lipinski definition) is 1. The molecular formula is C15H28N2O. The maximum atomic E-state index is 11.9. The van der Waals surface area contributed by atoms with Crippen molar-refractivity contribution in [3.63, 3.8) is 0 Å². The Kier molecular flexibility index (Phi) is 5.33. The van der Waals surface area contributed by atoms with Crippen molar-refractivity contribution in [1.29, 1.82) is 0 Å². The van der Waals surface area contributed by atoms with Gasteiger partial charge < -0.3 is 10.2 Å². The molecule has 0 aromatic heterocycles. The zero-order chi connectivity index (χ0) is 12.8. The van der Waals surface area contributed by atoms with Gasteiger partial charge in [0.1, 0.15) is 0 Å². The lowest BCUT2D eigenvalue weighted by Gasteiger charge is -2.28. The monoisotopic (exact) mass is 252 g/mol. The first-order chi connectivity index (χ1) is 8.75. The lowest BCUT2D eigenvalue weighted by atomic mass is 9.81. The summed E-state index contributed by atoms with van der Waals surface area (Å²) in [5, 5.41) is 3.10.